The Kier molecular flexibility index (Phi) is 4.35. The molecule has 1 aliphatic heterocycles. The van der Waals surface area contributed by atoms with E-state index in [2.05, 4.69) is 21.0 Å². The van der Waals surface area contributed by atoms with Crippen molar-refractivity contribution in [3.05, 3.63) is 47.3 Å². The number of carbonyl (C=O) groups excluding carboxylic acids is 2. The molecule has 126 valence electrons. The molecule has 3 rings (SSSR count). The summed E-state index contributed by atoms with van der Waals surface area (Å²) in [6, 6.07) is 5.16. The highest BCUT2D eigenvalue weighted by atomic mass is 16.2. The van der Waals surface area contributed by atoms with Crippen LogP contribution in [-0.4, -0.2) is 28.6 Å². The lowest BCUT2D eigenvalue weighted by molar-refractivity contribution is -0.123. The van der Waals surface area contributed by atoms with E-state index in [0.717, 1.165) is 22.4 Å². The number of nitrogens with one attached hydrogen (secondary N) is 3. The number of rotatable bonds is 5. The fraction of sp³-hybridized carbons (Fsp3) is 0.353. The second-order valence-electron chi connectivity index (χ2n) is 6.04. The van der Waals surface area contributed by atoms with Crippen molar-refractivity contribution in [2.45, 2.75) is 25.4 Å². The summed E-state index contributed by atoms with van der Waals surface area (Å²) in [6.45, 7) is 1.93. The van der Waals surface area contributed by atoms with Gasteiger partial charge in [0.2, 0.25) is 11.8 Å². The maximum Gasteiger partial charge on any atom is 0.242 e. The van der Waals surface area contributed by atoms with E-state index in [1.165, 1.54) is 0 Å². The number of likely N-dealkylation sites (N-methyl/N-ethyl adjacent to an activating group) is 1. The lowest BCUT2D eigenvalue weighted by atomic mass is 10.0. The quantitative estimate of drug-likeness (QED) is 0.766. The number of aryl methyl sites for hydroxylation is 1. The SMILES string of the molecule is CNC(C(=O)NC(C)c1ccc2c(c1)CC(=O)N2)c1cnn(C)c1. The minimum absolute atomic E-state index is 0.00524. The first-order valence-corrected chi connectivity index (χ1v) is 7.87. The van der Waals surface area contributed by atoms with E-state index in [-0.39, 0.29) is 17.9 Å². The zero-order chi connectivity index (χ0) is 17.3. The van der Waals surface area contributed by atoms with Crippen molar-refractivity contribution < 1.29 is 9.59 Å². The van der Waals surface area contributed by atoms with E-state index in [0.29, 0.717) is 6.42 Å². The highest BCUT2D eigenvalue weighted by Gasteiger charge is 2.23. The van der Waals surface area contributed by atoms with Crippen LogP contribution in [0.1, 0.15) is 35.7 Å². The van der Waals surface area contributed by atoms with E-state index in [9.17, 15) is 9.59 Å². The molecule has 7 nitrogen and oxygen atoms in total. The highest BCUT2D eigenvalue weighted by Crippen LogP contribution is 2.26. The fourth-order valence-corrected chi connectivity index (χ4v) is 2.94. The summed E-state index contributed by atoms with van der Waals surface area (Å²) in [4.78, 5) is 24.0. The first-order valence-electron chi connectivity index (χ1n) is 7.87. The van der Waals surface area contributed by atoms with E-state index in [1.54, 1.807) is 17.9 Å². The lowest BCUT2D eigenvalue weighted by Gasteiger charge is -2.20. The summed E-state index contributed by atoms with van der Waals surface area (Å²) in [5.41, 5.74) is 3.61. The average molecular weight is 327 g/mol. The maximum atomic E-state index is 12.6. The van der Waals surface area contributed by atoms with Crippen molar-refractivity contribution in [2.24, 2.45) is 7.05 Å². The van der Waals surface area contributed by atoms with Gasteiger partial charge in [-0.05, 0) is 31.2 Å². The Morgan fingerprint density at radius 1 is 1.38 bits per heavy atom. The number of fused-ring (bicyclic) bond motifs is 1. The Balaban J connectivity index is 1.72. The van der Waals surface area contributed by atoms with Gasteiger partial charge in [0.05, 0.1) is 18.7 Å². The Morgan fingerprint density at radius 2 is 2.17 bits per heavy atom. The van der Waals surface area contributed by atoms with Crippen molar-refractivity contribution in [1.82, 2.24) is 20.4 Å². The molecule has 2 atom stereocenters. The van der Waals surface area contributed by atoms with E-state index >= 15 is 0 Å². The Bertz CT molecular complexity index is 783. The van der Waals surface area contributed by atoms with Gasteiger partial charge in [-0.15, -0.1) is 0 Å². The molecule has 0 fully saturated rings. The Hall–Kier alpha value is -2.67. The topological polar surface area (TPSA) is 88.1 Å². The van der Waals surface area contributed by atoms with Gasteiger partial charge in [0.25, 0.3) is 0 Å². The zero-order valence-electron chi connectivity index (χ0n) is 14.0. The minimum atomic E-state index is -0.459. The third-order valence-electron chi connectivity index (χ3n) is 4.22. The summed E-state index contributed by atoms with van der Waals surface area (Å²) in [6.07, 6.45) is 3.88. The highest BCUT2D eigenvalue weighted by molar-refractivity contribution is 5.99. The first kappa shape index (κ1) is 16.2. The molecular weight excluding hydrogens is 306 g/mol. The van der Waals surface area contributed by atoms with Crippen LogP contribution in [-0.2, 0) is 23.1 Å². The lowest BCUT2D eigenvalue weighted by Crippen LogP contribution is -2.37. The van der Waals surface area contributed by atoms with Crippen LogP contribution >= 0.6 is 0 Å². The van der Waals surface area contributed by atoms with Crippen LogP contribution in [0.2, 0.25) is 0 Å². The van der Waals surface area contributed by atoms with Gasteiger partial charge in [-0.3, -0.25) is 14.3 Å². The number of aromatic nitrogens is 2. The second-order valence-corrected chi connectivity index (χ2v) is 6.04. The van der Waals surface area contributed by atoms with Crippen molar-refractivity contribution in [3.8, 4) is 0 Å². The summed E-state index contributed by atoms with van der Waals surface area (Å²) in [5, 5.41) is 12.9. The molecule has 1 aromatic carbocycles. The molecule has 0 aliphatic carbocycles. The van der Waals surface area contributed by atoms with Gasteiger partial charge >= 0.3 is 0 Å². The molecule has 3 N–H and O–H groups in total. The van der Waals surface area contributed by atoms with Crippen molar-refractivity contribution in [1.29, 1.82) is 0 Å². The summed E-state index contributed by atoms with van der Waals surface area (Å²) in [7, 11) is 3.56. The molecule has 0 saturated carbocycles. The third kappa shape index (κ3) is 3.16. The summed E-state index contributed by atoms with van der Waals surface area (Å²) in [5.74, 6) is -0.113. The third-order valence-corrected chi connectivity index (χ3v) is 4.22. The van der Waals surface area contributed by atoms with E-state index < -0.39 is 6.04 Å². The number of carbonyl (C=O) groups is 2. The largest absolute Gasteiger partial charge is 0.348 e. The van der Waals surface area contributed by atoms with Gasteiger partial charge in [-0.2, -0.15) is 5.10 Å². The van der Waals surface area contributed by atoms with Gasteiger partial charge in [-0.25, -0.2) is 0 Å². The fourth-order valence-electron chi connectivity index (χ4n) is 2.94. The standard InChI is InChI=1S/C17H21N5O2/c1-10(11-4-5-14-12(6-11)7-15(23)21-14)20-17(24)16(18-2)13-8-19-22(3)9-13/h4-6,8-10,16,18H,7H2,1-3H3,(H,20,24)(H,21,23). The Morgan fingerprint density at radius 3 is 2.83 bits per heavy atom. The molecule has 1 aliphatic rings. The van der Waals surface area contributed by atoms with Crippen LogP contribution in [0.5, 0.6) is 0 Å². The number of benzene rings is 1. The summed E-state index contributed by atoms with van der Waals surface area (Å²) < 4.78 is 1.67. The molecule has 2 unspecified atom stereocenters. The Labute approximate surface area is 140 Å². The zero-order valence-corrected chi connectivity index (χ0v) is 14.0. The normalized spacial score (nSPS) is 15.5. The molecule has 2 amide bonds. The molecular formula is C17H21N5O2. The molecule has 1 aromatic heterocycles. The van der Waals surface area contributed by atoms with Crippen LogP contribution < -0.4 is 16.0 Å². The van der Waals surface area contributed by atoms with Gasteiger partial charge in [0.15, 0.2) is 0 Å². The second kappa shape index (κ2) is 6.45. The van der Waals surface area contributed by atoms with Gasteiger partial charge < -0.3 is 16.0 Å². The van der Waals surface area contributed by atoms with Crippen LogP contribution in [0.15, 0.2) is 30.6 Å². The molecule has 2 heterocycles. The number of hydrogen-bond acceptors (Lipinski definition) is 4. The van der Waals surface area contributed by atoms with E-state index in [1.807, 2.05) is 38.4 Å². The molecule has 24 heavy (non-hydrogen) atoms. The van der Waals surface area contributed by atoms with Crippen LogP contribution in [0.4, 0.5) is 5.69 Å². The van der Waals surface area contributed by atoms with Crippen molar-refractivity contribution in [2.75, 3.05) is 12.4 Å². The monoisotopic (exact) mass is 327 g/mol. The van der Waals surface area contributed by atoms with Crippen LogP contribution in [0, 0.1) is 0 Å². The average Bonchev–Trinajstić information content (AvgIpc) is 3.11. The van der Waals surface area contributed by atoms with Crippen molar-refractivity contribution >= 4 is 17.5 Å². The molecule has 0 bridgehead atoms. The molecule has 0 spiro atoms. The van der Waals surface area contributed by atoms with Gasteiger partial charge in [-0.1, -0.05) is 12.1 Å². The molecule has 7 heteroatoms. The predicted molar refractivity (Wildman–Crippen MR) is 90.3 cm³/mol. The number of nitrogens with zero attached hydrogens (tertiary/aromatic N) is 2. The molecule has 2 aromatic rings. The smallest absolute Gasteiger partial charge is 0.242 e. The number of anilines is 1. The van der Waals surface area contributed by atoms with Crippen LogP contribution in [0.25, 0.3) is 0 Å². The predicted octanol–water partition coefficient (Wildman–Crippen LogP) is 1.05. The molecule has 0 saturated heterocycles. The number of hydrogen-bond donors (Lipinski definition) is 3. The van der Waals surface area contributed by atoms with Crippen molar-refractivity contribution in [3.63, 3.8) is 0 Å². The summed E-state index contributed by atoms with van der Waals surface area (Å²) >= 11 is 0. The van der Waals surface area contributed by atoms with Gasteiger partial charge in [0, 0.05) is 24.5 Å². The minimum Gasteiger partial charge on any atom is -0.348 e. The molecule has 0 radical (unpaired) electrons. The van der Waals surface area contributed by atoms with Crippen LogP contribution in [0.3, 0.4) is 0 Å². The number of amides is 2. The first-order chi connectivity index (χ1) is 11.5. The van der Waals surface area contributed by atoms with E-state index in [4.69, 9.17) is 0 Å². The maximum absolute atomic E-state index is 12.6. The van der Waals surface area contributed by atoms with Gasteiger partial charge in [0.1, 0.15) is 6.04 Å².